The molecule has 0 aliphatic carbocycles. The molecule has 0 atom stereocenters. The van der Waals surface area contributed by atoms with Gasteiger partial charge in [-0.1, -0.05) is 36.5 Å². The lowest BCUT2D eigenvalue weighted by atomic mass is 10.1. The van der Waals surface area contributed by atoms with E-state index in [9.17, 15) is 4.79 Å². The van der Waals surface area contributed by atoms with Gasteiger partial charge in [0.05, 0.1) is 19.0 Å². The normalized spacial score (nSPS) is 15.1. The first-order valence-corrected chi connectivity index (χ1v) is 8.05. The second kappa shape index (κ2) is 7.61. The van der Waals surface area contributed by atoms with Crippen molar-refractivity contribution in [2.45, 2.75) is 5.75 Å². The lowest BCUT2D eigenvalue weighted by Crippen LogP contribution is -2.41. The molecule has 0 spiro atoms. The van der Waals surface area contributed by atoms with Crippen molar-refractivity contribution in [3.05, 3.63) is 35.4 Å². The Morgan fingerprint density at radius 2 is 1.95 bits per heavy atom. The van der Waals surface area contributed by atoms with Crippen LogP contribution in [-0.4, -0.2) is 47.9 Å². The highest BCUT2D eigenvalue weighted by Gasteiger charge is 2.16. The second-order valence-electron chi connectivity index (χ2n) is 4.55. The molecule has 6 heteroatoms. The summed E-state index contributed by atoms with van der Waals surface area (Å²) >= 11 is 6.54. The smallest absolute Gasteiger partial charge is 0.232 e. The van der Waals surface area contributed by atoms with Gasteiger partial charge in [0.1, 0.15) is 4.99 Å². The standard InChI is InChI=1S/C14H18N2O2S2/c15-14(19)12-3-1-11(2-4-12)9-20-10-13(17)16-5-7-18-8-6-16/h1-4H,5-10H2,(H2,15,19). The summed E-state index contributed by atoms with van der Waals surface area (Å²) in [5.41, 5.74) is 7.60. The van der Waals surface area contributed by atoms with Crippen LogP contribution in [0.1, 0.15) is 11.1 Å². The number of thiocarbonyl (C=S) groups is 1. The minimum Gasteiger partial charge on any atom is -0.389 e. The minimum absolute atomic E-state index is 0.193. The highest BCUT2D eigenvalue weighted by atomic mass is 32.2. The van der Waals surface area contributed by atoms with Gasteiger partial charge in [-0.15, -0.1) is 11.8 Å². The SMILES string of the molecule is NC(=S)c1ccc(CSCC(=O)N2CCOCC2)cc1. The number of carbonyl (C=O) groups is 1. The number of thioether (sulfide) groups is 1. The Bertz CT molecular complexity index is 471. The van der Waals surface area contributed by atoms with Crippen LogP contribution in [0.3, 0.4) is 0 Å². The molecule has 2 rings (SSSR count). The molecule has 0 aromatic heterocycles. The summed E-state index contributed by atoms with van der Waals surface area (Å²) in [6.45, 7) is 2.72. The van der Waals surface area contributed by atoms with Gasteiger partial charge >= 0.3 is 0 Å². The van der Waals surface area contributed by atoms with Crippen molar-refractivity contribution in [2.24, 2.45) is 5.73 Å². The fourth-order valence-electron chi connectivity index (χ4n) is 1.93. The summed E-state index contributed by atoms with van der Waals surface area (Å²) in [5, 5.41) is 0. The van der Waals surface area contributed by atoms with Gasteiger partial charge in [-0.25, -0.2) is 0 Å². The third-order valence-corrected chi connectivity index (χ3v) is 4.32. The zero-order chi connectivity index (χ0) is 14.4. The fraction of sp³-hybridized carbons (Fsp3) is 0.429. The minimum atomic E-state index is 0.193. The molecule has 0 unspecified atom stereocenters. The molecule has 0 bridgehead atoms. The van der Waals surface area contributed by atoms with Crippen molar-refractivity contribution in [3.8, 4) is 0 Å². The highest BCUT2D eigenvalue weighted by Crippen LogP contribution is 2.14. The Hall–Kier alpha value is -1.11. The van der Waals surface area contributed by atoms with Crippen molar-refractivity contribution < 1.29 is 9.53 Å². The monoisotopic (exact) mass is 310 g/mol. The molecular formula is C14H18N2O2S2. The number of nitrogens with zero attached hydrogens (tertiary/aromatic N) is 1. The molecule has 108 valence electrons. The predicted octanol–water partition coefficient (Wildman–Crippen LogP) is 1.41. The van der Waals surface area contributed by atoms with Crippen LogP contribution in [0, 0.1) is 0 Å². The van der Waals surface area contributed by atoms with Crippen molar-refractivity contribution in [1.82, 2.24) is 4.90 Å². The summed E-state index contributed by atoms with van der Waals surface area (Å²) < 4.78 is 5.23. The summed E-state index contributed by atoms with van der Waals surface area (Å²) in [7, 11) is 0. The van der Waals surface area contributed by atoms with Crippen LogP contribution >= 0.6 is 24.0 Å². The van der Waals surface area contributed by atoms with Crippen molar-refractivity contribution in [2.75, 3.05) is 32.1 Å². The molecule has 1 saturated heterocycles. The van der Waals surface area contributed by atoms with Gasteiger partial charge < -0.3 is 15.4 Å². The molecule has 1 aliphatic heterocycles. The number of hydrogen-bond donors (Lipinski definition) is 1. The Morgan fingerprint density at radius 1 is 1.30 bits per heavy atom. The lowest BCUT2D eigenvalue weighted by molar-refractivity contribution is -0.132. The van der Waals surface area contributed by atoms with Crippen LogP contribution in [0.2, 0.25) is 0 Å². The maximum absolute atomic E-state index is 11.9. The number of carbonyl (C=O) groups excluding carboxylic acids is 1. The van der Waals surface area contributed by atoms with E-state index in [1.54, 1.807) is 11.8 Å². The molecule has 0 saturated carbocycles. The molecule has 1 heterocycles. The first-order chi connectivity index (χ1) is 9.66. The average Bonchev–Trinajstić information content (AvgIpc) is 2.48. The zero-order valence-electron chi connectivity index (χ0n) is 11.2. The van der Waals surface area contributed by atoms with E-state index in [1.165, 1.54) is 5.56 Å². The van der Waals surface area contributed by atoms with E-state index in [1.807, 2.05) is 29.2 Å². The number of ether oxygens (including phenoxy) is 1. The molecule has 4 nitrogen and oxygen atoms in total. The second-order valence-corrected chi connectivity index (χ2v) is 5.97. The first-order valence-electron chi connectivity index (χ1n) is 6.49. The van der Waals surface area contributed by atoms with Crippen molar-refractivity contribution in [1.29, 1.82) is 0 Å². The van der Waals surface area contributed by atoms with Gasteiger partial charge in [0.25, 0.3) is 0 Å². The maximum Gasteiger partial charge on any atom is 0.232 e. The van der Waals surface area contributed by atoms with Gasteiger partial charge in [0, 0.05) is 24.4 Å². The van der Waals surface area contributed by atoms with E-state index in [-0.39, 0.29) is 5.91 Å². The highest BCUT2D eigenvalue weighted by molar-refractivity contribution is 7.99. The van der Waals surface area contributed by atoms with Crippen LogP contribution in [0.25, 0.3) is 0 Å². The van der Waals surface area contributed by atoms with Gasteiger partial charge in [-0.2, -0.15) is 0 Å². The fourth-order valence-corrected chi connectivity index (χ4v) is 2.95. The molecular weight excluding hydrogens is 292 g/mol. The number of benzene rings is 1. The Morgan fingerprint density at radius 3 is 2.55 bits per heavy atom. The van der Waals surface area contributed by atoms with E-state index < -0.39 is 0 Å². The van der Waals surface area contributed by atoms with Crippen LogP contribution in [0.5, 0.6) is 0 Å². The van der Waals surface area contributed by atoms with Gasteiger partial charge in [0.2, 0.25) is 5.91 Å². The van der Waals surface area contributed by atoms with Gasteiger partial charge in [0.15, 0.2) is 0 Å². The van der Waals surface area contributed by atoms with E-state index in [0.717, 1.165) is 11.3 Å². The molecule has 1 aromatic carbocycles. The number of morpholine rings is 1. The zero-order valence-corrected chi connectivity index (χ0v) is 12.8. The largest absolute Gasteiger partial charge is 0.389 e. The van der Waals surface area contributed by atoms with Crippen molar-refractivity contribution >= 4 is 34.9 Å². The lowest BCUT2D eigenvalue weighted by Gasteiger charge is -2.26. The van der Waals surface area contributed by atoms with Gasteiger partial charge in [-0.05, 0) is 5.56 Å². The quantitative estimate of drug-likeness (QED) is 0.834. The molecule has 1 amide bonds. The number of nitrogens with two attached hydrogens (primary N) is 1. The summed E-state index contributed by atoms with van der Waals surface area (Å²) in [5.74, 6) is 1.52. The van der Waals surface area contributed by atoms with Gasteiger partial charge in [-0.3, -0.25) is 4.79 Å². The molecule has 2 N–H and O–H groups in total. The van der Waals surface area contributed by atoms with Crippen molar-refractivity contribution in [3.63, 3.8) is 0 Å². The summed E-state index contributed by atoms with van der Waals surface area (Å²) in [6, 6.07) is 7.84. The van der Waals surface area contributed by atoms with Crippen LogP contribution < -0.4 is 5.73 Å². The Balaban J connectivity index is 1.74. The number of hydrogen-bond acceptors (Lipinski definition) is 4. The maximum atomic E-state index is 11.9. The van der Waals surface area contributed by atoms with E-state index in [2.05, 4.69) is 0 Å². The summed E-state index contributed by atoms with van der Waals surface area (Å²) in [6.07, 6.45) is 0. The topological polar surface area (TPSA) is 55.6 Å². The average molecular weight is 310 g/mol. The van der Waals surface area contributed by atoms with E-state index >= 15 is 0 Å². The molecule has 0 radical (unpaired) electrons. The van der Waals surface area contributed by atoms with E-state index in [0.29, 0.717) is 37.0 Å². The number of amides is 1. The molecule has 20 heavy (non-hydrogen) atoms. The van der Waals surface area contributed by atoms with Crippen LogP contribution in [0.4, 0.5) is 0 Å². The van der Waals surface area contributed by atoms with Crippen LogP contribution in [0.15, 0.2) is 24.3 Å². The third-order valence-electron chi connectivity index (χ3n) is 3.10. The molecule has 1 aliphatic rings. The first kappa shape index (κ1) is 15.3. The Kier molecular flexibility index (Phi) is 5.82. The predicted molar refractivity (Wildman–Crippen MR) is 85.9 cm³/mol. The molecule has 1 fully saturated rings. The summed E-state index contributed by atoms with van der Waals surface area (Å²) in [4.78, 5) is 14.2. The third kappa shape index (κ3) is 4.47. The van der Waals surface area contributed by atoms with Crippen LogP contribution in [-0.2, 0) is 15.3 Å². The van der Waals surface area contributed by atoms with E-state index in [4.69, 9.17) is 22.7 Å². The Labute approximate surface area is 128 Å². The molecule has 1 aromatic rings. The number of rotatable bonds is 5.